The largest absolute Gasteiger partial charge is 0.317 e. The van der Waals surface area contributed by atoms with Crippen molar-refractivity contribution in [1.29, 1.82) is 0 Å². The third-order valence-corrected chi connectivity index (χ3v) is 4.44. The summed E-state index contributed by atoms with van der Waals surface area (Å²) in [6.45, 7) is 4.27. The van der Waals surface area contributed by atoms with E-state index in [1.807, 2.05) is 7.05 Å². The van der Waals surface area contributed by atoms with Crippen molar-refractivity contribution in [3.63, 3.8) is 0 Å². The molecule has 86 valence electrons. The van der Waals surface area contributed by atoms with E-state index in [1.54, 1.807) is 11.8 Å². The summed E-state index contributed by atoms with van der Waals surface area (Å²) in [5.74, 6) is 0.992. The monoisotopic (exact) mass is 239 g/mol. The van der Waals surface area contributed by atoms with Crippen LogP contribution < -0.4 is 5.32 Å². The van der Waals surface area contributed by atoms with Crippen molar-refractivity contribution in [1.82, 2.24) is 5.32 Å². The molecule has 0 aliphatic carbocycles. The first kappa shape index (κ1) is 14.3. The van der Waals surface area contributed by atoms with Gasteiger partial charge in [0.1, 0.15) is 9.84 Å². The van der Waals surface area contributed by atoms with Crippen molar-refractivity contribution < 1.29 is 8.42 Å². The lowest BCUT2D eigenvalue weighted by Gasteiger charge is -2.15. The van der Waals surface area contributed by atoms with Crippen LogP contribution in [-0.4, -0.2) is 44.5 Å². The molecule has 5 heteroatoms. The predicted molar refractivity (Wildman–Crippen MR) is 64.8 cm³/mol. The van der Waals surface area contributed by atoms with Gasteiger partial charge in [-0.25, -0.2) is 8.42 Å². The van der Waals surface area contributed by atoms with Crippen molar-refractivity contribution >= 4 is 21.6 Å². The van der Waals surface area contributed by atoms with Gasteiger partial charge in [-0.2, -0.15) is 11.8 Å². The van der Waals surface area contributed by atoms with Crippen LogP contribution in [0.25, 0.3) is 0 Å². The summed E-state index contributed by atoms with van der Waals surface area (Å²) >= 11 is 1.73. The maximum Gasteiger partial charge on any atom is 0.148 e. The predicted octanol–water partition coefficient (Wildman–Crippen LogP) is 1.15. The molecular formula is C9H21NO2S2. The molecule has 0 saturated heterocycles. The SMILES string of the molecule is CNC(C)CC(C)SCCS(C)(=O)=O. The van der Waals surface area contributed by atoms with Crippen molar-refractivity contribution in [2.45, 2.75) is 31.6 Å². The van der Waals surface area contributed by atoms with E-state index in [1.165, 1.54) is 6.26 Å². The van der Waals surface area contributed by atoms with Gasteiger partial charge in [0.15, 0.2) is 0 Å². The second-order valence-electron chi connectivity index (χ2n) is 3.74. The smallest absolute Gasteiger partial charge is 0.148 e. The van der Waals surface area contributed by atoms with Gasteiger partial charge < -0.3 is 5.32 Å². The summed E-state index contributed by atoms with van der Waals surface area (Å²) < 4.78 is 21.7. The van der Waals surface area contributed by atoms with E-state index in [-0.39, 0.29) is 5.75 Å². The normalized spacial score (nSPS) is 16.6. The van der Waals surface area contributed by atoms with Gasteiger partial charge >= 0.3 is 0 Å². The molecule has 14 heavy (non-hydrogen) atoms. The molecule has 2 unspecified atom stereocenters. The molecule has 0 aromatic heterocycles. The highest BCUT2D eigenvalue weighted by molar-refractivity contribution is 8.01. The fourth-order valence-corrected chi connectivity index (χ4v) is 3.51. The van der Waals surface area contributed by atoms with Gasteiger partial charge in [-0.05, 0) is 20.4 Å². The minimum absolute atomic E-state index is 0.288. The van der Waals surface area contributed by atoms with Crippen molar-refractivity contribution in [2.75, 3.05) is 24.8 Å². The summed E-state index contributed by atoms with van der Waals surface area (Å²) in [6.07, 6.45) is 2.36. The van der Waals surface area contributed by atoms with Crippen LogP contribution in [0.4, 0.5) is 0 Å². The van der Waals surface area contributed by atoms with Gasteiger partial charge in [-0.15, -0.1) is 0 Å². The van der Waals surface area contributed by atoms with Gasteiger partial charge in [0.2, 0.25) is 0 Å². The van der Waals surface area contributed by atoms with Gasteiger partial charge in [0.25, 0.3) is 0 Å². The van der Waals surface area contributed by atoms with Gasteiger partial charge in [-0.3, -0.25) is 0 Å². The Morgan fingerprint density at radius 1 is 1.36 bits per heavy atom. The van der Waals surface area contributed by atoms with Crippen LogP contribution in [-0.2, 0) is 9.84 Å². The maximum absolute atomic E-state index is 10.9. The fourth-order valence-electron chi connectivity index (χ4n) is 1.08. The number of hydrogen-bond donors (Lipinski definition) is 1. The van der Waals surface area contributed by atoms with Crippen LogP contribution in [0.3, 0.4) is 0 Å². The molecule has 3 nitrogen and oxygen atoms in total. The lowest BCUT2D eigenvalue weighted by molar-refractivity contribution is 0.564. The Labute approximate surface area is 92.0 Å². The molecule has 0 saturated carbocycles. The van der Waals surface area contributed by atoms with Crippen molar-refractivity contribution in [3.05, 3.63) is 0 Å². The first-order valence-electron chi connectivity index (χ1n) is 4.81. The van der Waals surface area contributed by atoms with E-state index in [0.29, 0.717) is 17.0 Å². The molecular weight excluding hydrogens is 218 g/mol. The minimum Gasteiger partial charge on any atom is -0.317 e. The summed E-state index contributed by atoms with van der Waals surface area (Å²) in [5.41, 5.74) is 0. The summed E-state index contributed by atoms with van der Waals surface area (Å²) in [4.78, 5) is 0. The van der Waals surface area contributed by atoms with Crippen LogP contribution in [0.15, 0.2) is 0 Å². The molecule has 0 spiro atoms. The Bertz CT molecular complexity index is 239. The van der Waals surface area contributed by atoms with E-state index in [9.17, 15) is 8.42 Å². The molecule has 0 fully saturated rings. The zero-order valence-corrected chi connectivity index (χ0v) is 11.0. The number of sulfone groups is 1. The second-order valence-corrected chi connectivity index (χ2v) is 7.54. The van der Waals surface area contributed by atoms with Crippen LogP contribution in [0.2, 0.25) is 0 Å². The first-order valence-corrected chi connectivity index (χ1v) is 7.92. The first-order chi connectivity index (χ1) is 6.35. The zero-order chi connectivity index (χ0) is 11.2. The molecule has 0 heterocycles. The molecule has 2 atom stereocenters. The number of rotatable bonds is 7. The standard InChI is InChI=1S/C9H21NO2S2/c1-8(10-3)7-9(2)13-5-6-14(4,11)12/h8-10H,5-7H2,1-4H3. The van der Waals surface area contributed by atoms with Crippen molar-refractivity contribution in [2.24, 2.45) is 0 Å². The Morgan fingerprint density at radius 2 is 1.93 bits per heavy atom. The molecule has 0 aliphatic heterocycles. The quantitative estimate of drug-likeness (QED) is 0.724. The average Bonchev–Trinajstić information content (AvgIpc) is 2.01. The van der Waals surface area contributed by atoms with Crippen LogP contribution >= 0.6 is 11.8 Å². The highest BCUT2D eigenvalue weighted by Gasteiger charge is 2.09. The minimum atomic E-state index is -2.79. The van der Waals surface area contributed by atoms with E-state index >= 15 is 0 Å². The molecule has 0 rings (SSSR count). The Morgan fingerprint density at radius 3 is 2.36 bits per heavy atom. The van der Waals surface area contributed by atoms with E-state index in [0.717, 1.165) is 6.42 Å². The maximum atomic E-state index is 10.9. The Balaban J connectivity index is 3.59. The van der Waals surface area contributed by atoms with E-state index < -0.39 is 9.84 Å². The number of nitrogens with one attached hydrogen (secondary N) is 1. The molecule has 0 amide bonds. The molecule has 0 bridgehead atoms. The van der Waals surface area contributed by atoms with E-state index in [2.05, 4.69) is 19.2 Å². The van der Waals surface area contributed by atoms with Crippen LogP contribution in [0, 0.1) is 0 Å². The third-order valence-electron chi connectivity index (χ3n) is 2.03. The number of thioether (sulfide) groups is 1. The lowest BCUT2D eigenvalue weighted by atomic mass is 10.2. The third kappa shape index (κ3) is 8.84. The molecule has 0 radical (unpaired) electrons. The fraction of sp³-hybridized carbons (Fsp3) is 1.00. The number of hydrogen-bond acceptors (Lipinski definition) is 4. The molecule has 0 aromatic rings. The molecule has 1 N–H and O–H groups in total. The van der Waals surface area contributed by atoms with Crippen molar-refractivity contribution in [3.8, 4) is 0 Å². The summed E-state index contributed by atoms with van der Waals surface area (Å²) in [7, 11) is -0.847. The zero-order valence-electron chi connectivity index (χ0n) is 9.41. The average molecular weight is 239 g/mol. The van der Waals surface area contributed by atoms with Gasteiger partial charge in [0, 0.05) is 23.3 Å². The second kappa shape index (κ2) is 6.69. The Kier molecular flexibility index (Phi) is 6.81. The van der Waals surface area contributed by atoms with Crippen LogP contribution in [0.5, 0.6) is 0 Å². The topological polar surface area (TPSA) is 46.2 Å². The molecule has 0 aromatic carbocycles. The highest BCUT2D eigenvalue weighted by atomic mass is 32.2. The highest BCUT2D eigenvalue weighted by Crippen LogP contribution is 2.15. The van der Waals surface area contributed by atoms with E-state index in [4.69, 9.17) is 0 Å². The summed E-state index contributed by atoms with van der Waals surface area (Å²) in [5, 5.41) is 3.68. The Hall–Kier alpha value is 0.260. The van der Waals surface area contributed by atoms with Gasteiger partial charge in [-0.1, -0.05) is 6.92 Å². The lowest BCUT2D eigenvalue weighted by Crippen LogP contribution is -2.24. The van der Waals surface area contributed by atoms with Crippen LogP contribution in [0.1, 0.15) is 20.3 Å². The summed E-state index contributed by atoms with van der Waals surface area (Å²) in [6, 6.07) is 0.496. The van der Waals surface area contributed by atoms with Gasteiger partial charge in [0.05, 0.1) is 5.75 Å². The molecule has 0 aliphatic rings.